The lowest BCUT2D eigenvalue weighted by Gasteiger charge is -2.32. The summed E-state index contributed by atoms with van der Waals surface area (Å²) in [4.78, 5) is 13.3. The molecular weight excluding hydrogens is 282 g/mol. The lowest BCUT2D eigenvalue weighted by atomic mass is 9.90. The second-order valence-corrected chi connectivity index (χ2v) is 5.80. The van der Waals surface area contributed by atoms with E-state index in [2.05, 4.69) is 15.2 Å². The van der Waals surface area contributed by atoms with Gasteiger partial charge in [-0.25, -0.2) is 9.42 Å². The van der Waals surface area contributed by atoms with Crippen LogP contribution in [0.3, 0.4) is 0 Å². The maximum Gasteiger partial charge on any atom is 0.335 e. The van der Waals surface area contributed by atoms with Crippen molar-refractivity contribution in [3.8, 4) is 0 Å². The summed E-state index contributed by atoms with van der Waals surface area (Å²) >= 11 is 0. The average Bonchev–Trinajstić information content (AvgIpc) is 2.93. The molecule has 116 valence electrons. The minimum atomic E-state index is -0.883. The van der Waals surface area contributed by atoms with Gasteiger partial charge in [-0.2, -0.15) is 0 Å². The van der Waals surface area contributed by atoms with Gasteiger partial charge in [0.15, 0.2) is 0 Å². The van der Waals surface area contributed by atoms with Crippen LogP contribution < -0.4 is 0 Å². The van der Waals surface area contributed by atoms with E-state index in [1.807, 2.05) is 19.1 Å². The molecule has 1 N–H and O–H groups in total. The fourth-order valence-electron chi connectivity index (χ4n) is 2.97. The van der Waals surface area contributed by atoms with Crippen LogP contribution in [0, 0.1) is 6.92 Å². The van der Waals surface area contributed by atoms with Gasteiger partial charge in [0.1, 0.15) is 11.4 Å². The van der Waals surface area contributed by atoms with Crippen LogP contribution in [0.25, 0.3) is 0 Å². The largest absolute Gasteiger partial charge is 0.478 e. The summed E-state index contributed by atoms with van der Waals surface area (Å²) in [6.07, 6.45) is 2.24. The van der Waals surface area contributed by atoms with Crippen LogP contribution in [0.4, 0.5) is 0 Å². The smallest absolute Gasteiger partial charge is 0.335 e. The molecule has 1 atom stereocenters. The van der Waals surface area contributed by atoms with Crippen LogP contribution in [0.5, 0.6) is 0 Å². The number of benzene rings is 1. The minimum absolute atomic E-state index is 0.334. The number of piperidine rings is 1. The van der Waals surface area contributed by atoms with Crippen LogP contribution in [0.15, 0.2) is 28.9 Å². The van der Waals surface area contributed by atoms with Gasteiger partial charge in [-0.3, -0.25) is 4.90 Å². The molecule has 0 bridgehead atoms. The maximum atomic E-state index is 10.9. The molecule has 2 aromatic rings. The highest BCUT2D eigenvalue weighted by molar-refractivity contribution is 5.87. The number of carboxylic acids is 1. The predicted octanol–water partition coefficient (Wildman–Crippen LogP) is 2.46. The molecule has 6 heteroatoms. The van der Waals surface area contributed by atoms with E-state index in [1.165, 1.54) is 5.56 Å². The molecule has 3 rings (SSSR count). The van der Waals surface area contributed by atoms with Crippen molar-refractivity contribution in [1.82, 2.24) is 15.2 Å². The van der Waals surface area contributed by atoms with Crippen LogP contribution in [0.2, 0.25) is 0 Å². The van der Waals surface area contributed by atoms with Crippen molar-refractivity contribution in [2.24, 2.45) is 0 Å². The van der Waals surface area contributed by atoms with E-state index >= 15 is 0 Å². The van der Waals surface area contributed by atoms with Crippen LogP contribution in [-0.2, 0) is 6.54 Å². The number of aryl methyl sites for hydroxylation is 1. The van der Waals surface area contributed by atoms with Crippen molar-refractivity contribution >= 4 is 5.97 Å². The molecule has 2 heterocycles. The number of carboxylic acid groups (broad SMARTS) is 1. The highest BCUT2D eigenvalue weighted by Gasteiger charge is 2.23. The van der Waals surface area contributed by atoms with Crippen LogP contribution in [-0.4, -0.2) is 39.4 Å². The summed E-state index contributed by atoms with van der Waals surface area (Å²) in [6, 6.07) is 7.23. The zero-order chi connectivity index (χ0) is 15.5. The Morgan fingerprint density at radius 2 is 2.14 bits per heavy atom. The molecule has 0 amide bonds. The van der Waals surface area contributed by atoms with Gasteiger partial charge in [0, 0.05) is 13.1 Å². The Hall–Kier alpha value is -2.21. The second-order valence-electron chi connectivity index (χ2n) is 5.80. The Morgan fingerprint density at radius 1 is 1.36 bits per heavy atom. The molecule has 1 aliphatic heterocycles. The molecule has 1 aromatic heterocycles. The van der Waals surface area contributed by atoms with E-state index in [0.29, 0.717) is 11.5 Å². The van der Waals surface area contributed by atoms with Crippen LogP contribution >= 0.6 is 0 Å². The number of aromatic nitrogens is 2. The molecule has 0 unspecified atom stereocenters. The van der Waals surface area contributed by atoms with E-state index in [9.17, 15) is 4.79 Å². The van der Waals surface area contributed by atoms with Crippen molar-refractivity contribution in [2.45, 2.75) is 32.2 Å². The number of carbonyl (C=O) groups is 1. The zero-order valence-corrected chi connectivity index (χ0v) is 12.5. The molecule has 0 spiro atoms. The van der Waals surface area contributed by atoms with Gasteiger partial charge >= 0.3 is 5.97 Å². The Labute approximate surface area is 128 Å². The fraction of sp³-hybridized carbons (Fsp3) is 0.438. The van der Waals surface area contributed by atoms with Crippen molar-refractivity contribution in [1.29, 1.82) is 0 Å². The molecular formula is C16H19N3O3. The lowest BCUT2D eigenvalue weighted by molar-refractivity contribution is 0.0697. The normalized spacial score (nSPS) is 19.2. The number of aromatic carboxylic acids is 1. The predicted molar refractivity (Wildman–Crippen MR) is 79.7 cm³/mol. The number of hydrogen-bond donors (Lipinski definition) is 1. The van der Waals surface area contributed by atoms with E-state index in [-0.39, 0.29) is 0 Å². The first-order chi connectivity index (χ1) is 10.6. The molecule has 1 aromatic carbocycles. The Morgan fingerprint density at radius 3 is 2.77 bits per heavy atom. The number of likely N-dealkylation sites (tertiary alicyclic amines) is 1. The first-order valence-electron chi connectivity index (χ1n) is 7.47. The molecule has 0 aliphatic carbocycles. The van der Waals surface area contributed by atoms with Crippen molar-refractivity contribution < 1.29 is 14.5 Å². The van der Waals surface area contributed by atoms with Gasteiger partial charge in [-0.1, -0.05) is 22.4 Å². The van der Waals surface area contributed by atoms with Crippen molar-refractivity contribution in [3.05, 3.63) is 46.8 Å². The van der Waals surface area contributed by atoms with Crippen LogP contribution in [0.1, 0.15) is 46.1 Å². The molecule has 1 saturated heterocycles. The highest BCUT2D eigenvalue weighted by atomic mass is 16.6. The first-order valence-corrected chi connectivity index (χ1v) is 7.47. The summed E-state index contributed by atoms with van der Waals surface area (Å²) in [5, 5.41) is 16.7. The molecule has 1 fully saturated rings. The summed E-state index contributed by atoms with van der Waals surface area (Å²) in [6.45, 7) is 4.63. The first kappa shape index (κ1) is 14.7. The third-order valence-corrected chi connectivity index (χ3v) is 4.25. The van der Waals surface area contributed by atoms with Crippen molar-refractivity contribution in [3.63, 3.8) is 0 Å². The topological polar surface area (TPSA) is 79.5 Å². The summed E-state index contributed by atoms with van der Waals surface area (Å²) in [5.74, 6) is -0.456. The van der Waals surface area contributed by atoms with E-state index in [4.69, 9.17) is 9.74 Å². The van der Waals surface area contributed by atoms with Gasteiger partial charge in [0.2, 0.25) is 0 Å². The van der Waals surface area contributed by atoms with E-state index in [1.54, 1.807) is 12.1 Å². The standard InChI is InChI=1S/C16H19N3O3/c1-11-15(18-22-17-11)10-19-8-2-3-14(9-19)12-4-6-13(7-5-12)16(20)21/h4-7,14H,2-3,8-10H2,1H3,(H,20,21)/t14-/m1/s1. The third kappa shape index (κ3) is 3.17. The third-order valence-electron chi connectivity index (χ3n) is 4.25. The summed E-state index contributed by atoms with van der Waals surface area (Å²) in [7, 11) is 0. The summed E-state index contributed by atoms with van der Waals surface area (Å²) in [5.41, 5.74) is 3.26. The highest BCUT2D eigenvalue weighted by Crippen LogP contribution is 2.28. The summed E-state index contributed by atoms with van der Waals surface area (Å²) < 4.78 is 4.75. The van der Waals surface area contributed by atoms with Gasteiger partial charge in [-0.15, -0.1) is 0 Å². The molecule has 1 aliphatic rings. The Balaban J connectivity index is 1.67. The minimum Gasteiger partial charge on any atom is -0.478 e. The van der Waals surface area contributed by atoms with Gasteiger partial charge in [0.05, 0.1) is 5.56 Å². The van der Waals surface area contributed by atoms with Gasteiger partial charge in [-0.05, 0) is 49.9 Å². The Kier molecular flexibility index (Phi) is 4.20. The van der Waals surface area contributed by atoms with Gasteiger partial charge in [0.25, 0.3) is 0 Å². The monoisotopic (exact) mass is 301 g/mol. The molecule has 0 radical (unpaired) electrons. The van der Waals surface area contributed by atoms with Gasteiger partial charge < -0.3 is 5.11 Å². The number of rotatable bonds is 4. The molecule has 0 saturated carbocycles. The maximum absolute atomic E-state index is 10.9. The Bertz CT molecular complexity index is 651. The second kappa shape index (κ2) is 6.27. The van der Waals surface area contributed by atoms with E-state index in [0.717, 1.165) is 43.9 Å². The lowest BCUT2D eigenvalue weighted by Crippen LogP contribution is -2.34. The molecule has 6 nitrogen and oxygen atoms in total. The average molecular weight is 301 g/mol. The van der Waals surface area contributed by atoms with E-state index < -0.39 is 5.97 Å². The SMILES string of the molecule is Cc1nonc1CN1CCC[C@@H](c2ccc(C(=O)O)cc2)C1. The quantitative estimate of drug-likeness (QED) is 0.934. The van der Waals surface area contributed by atoms with Crippen molar-refractivity contribution in [2.75, 3.05) is 13.1 Å². The fourth-order valence-corrected chi connectivity index (χ4v) is 2.97. The zero-order valence-electron chi connectivity index (χ0n) is 12.5. The molecule has 22 heavy (non-hydrogen) atoms. The number of hydrogen-bond acceptors (Lipinski definition) is 5. The number of nitrogens with zero attached hydrogens (tertiary/aromatic N) is 3.